The number of aryl methyl sites for hydroxylation is 1. The summed E-state index contributed by atoms with van der Waals surface area (Å²) in [6, 6.07) is 7.59. The van der Waals surface area contributed by atoms with Crippen LogP contribution in [0.25, 0.3) is 0 Å². The topological polar surface area (TPSA) is 55.3 Å². The summed E-state index contributed by atoms with van der Waals surface area (Å²) in [4.78, 5) is 15.2. The molecule has 0 spiro atoms. The van der Waals surface area contributed by atoms with Gasteiger partial charge in [-0.25, -0.2) is 0 Å². The number of anilines is 1. The van der Waals surface area contributed by atoms with Crippen LogP contribution in [-0.2, 0) is 6.42 Å². The summed E-state index contributed by atoms with van der Waals surface area (Å²) in [5.74, 6) is 0.703. The highest BCUT2D eigenvalue weighted by Crippen LogP contribution is 2.35. The Morgan fingerprint density at radius 2 is 2.30 bits per heavy atom. The van der Waals surface area contributed by atoms with Crippen LogP contribution >= 0.6 is 11.5 Å². The highest BCUT2D eigenvalue weighted by molar-refractivity contribution is 7.08. The second-order valence-electron chi connectivity index (χ2n) is 4.71. The minimum atomic E-state index is -0.0416. The summed E-state index contributed by atoms with van der Waals surface area (Å²) in [7, 11) is 0. The zero-order valence-corrected chi connectivity index (χ0v) is 12.2. The number of hydrogen-bond acceptors (Lipinski definition) is 5. The van der Waals surface area contributed by atoms with Crippen molar-refractivity contribution in [1.82, 2.24) is 9.59 Å². The largest absolute Gasteiger partial charge is 0.489 e. The van der Waals surface area contributed by atoms with Gasteiger partial charge in [0.05, 0.1) is 17.4 Å². The number of hydrogen-bond donors (Lipinski definition) is 0. The van der Waals surface area contributed by atoms with E-state index in [2.05, 4.69) is 9.59 Å². The Labute approximate surface area is 121 Å². The Morgan fingerprint density at radius 1 is 1.50 bits per heavy atom. The number of benzene rings is 1. The highest BCUT2D eigenvalue weighted by atomic mass is 32.1. The van der Waals surface area contributed by atoms with E-state index in [0.29, 0.717) is 17.9 Å². The molecule has 0 bridgehead atoms. The van der Waals surface area contributed by atoms with Crippen molar-refractivity contribution in [3.05, 3.63) is 34.8 Å². The van der Waals surface area contributed by atoms with E-state index in [1.165, 1.54) is 0 Å². The van der Waals surface area contributed by atoms with E-state index in [0.717, 1.165) is 28.7 Å². The van der Waals surface area contributed by atoms with Gasteiger partial charge in [-0.05, 0) is 37.0 Å². The van der Waals surface area contributed by atoms with Crippen LogP contribution in [0.15, 0.2) is 24.3 Å². The van der Waals surface area contributed by atoms with Crippen molar-refractivity contribution in [1.29, 1.82) is 0 Å². The minimum absolute atomic E-state index is 0.00999. The second kappa shape index (κ2) is 5.20. The van der Waals surface area contributed by atoms with E-state index in [-0.39, 0.29) is 11.9 Å². The lowest BCUT2D eigenvalue weighted by atomic mass is 10.1. The number of carbonyl (C=O) groups excluding carboxylic acids is 1. The first-order chi connectivity index (χ1) is 9.72. The Balaban J connectivity index is 2.03. The summed E-state index contributed by atoms with van der Waals surface area (Å²) in [5.41, 5.74) is 1.57. The summed E-state index contributed by atoms with van der Waals surface area (Å²) in [6.45, 7) is 4.45. The van der Waals surface area contributed by atoms with Gasteiger partial charge in [-0.15, -0.1) is 5.10 Å². The molecule has 1 aromatic heterocycles. The van der Waals surface area contributed by atoms with E-state index in [1.807, 2.05) is 38.1 Å². The molecule has 1 aliphatic heterocycles. The average Bonchev–Trinajstić information content (AvgIpc) is 2.95. The van der Waals surface area contributed by atoms with Crippen molar-refractivity contribution < 1.29 is 9.53 Å². The number of ether oxygens (including phenoxy) is 1. The van der Waals surface area contributed by atoms with E-state index in [9.17, 15) is 4.79 Å². The Hall–Kier alpha value is -1.95. The summed E-state index contributed by atoms with van der Waals surface area (Å²) >= 11 is 1.16. The molecule has 0 radical (unpaired) electrons. The first kappa shape index (κ1) is 13.1. The van der Waals surface area contributed by atoms with Crippen LogP contribution in [0.5, 0.6) is 5.75 Å². The third kappa shape index (κ3) is 2.06. The Bertz CT molecular complexity index is 641. The number of nitrogens with zero attached hydrogens (tertiary/aromatic N) is 3. The van der Waals surface area contributed by atoms with E-state index >= 15 is 0 Å². The van der Waals surface area contributed by atoms with Crippen LogP contribution in [0.3, 0.4) is 0 Å². The summed E-state index contributed by atoms with van der Waals surface area (Å²) < 4.78 is 9.57. The van der Waals surface area contributed by atoms with Crippen molar-refractivity contribution in [3.8, 4) is 5.75 Å². The van der Waals surface area contributed by atoms with Crippen molar-refractivity contribution >= 4 is 23.1 Å². The maximum atomic E-state index is 12.8. The number of fused-ring (bicyclic) bond motifs is 1. The first-order valence-electron chi connectivity index (χ1n) is 6.59. The molecule has 0 saturated carbocycles. The summed E-state index contributed by atoms with van der Waals surface area (Å²) in [6.07, 6.45) is 0.706. The monoisotopic (exact) mass is 289 g/mol. The molecule has 2 heterocycles. The van der Waals surface area contributed by atoms with Crippen molar-refractivity contribution in [2.75, 3.05) is 11.5 Å². The van der Waals surface area contributed by atoms with Gasteiger partial charge in [-0.1, -0.05) is 23.5 Å². The second-order valence-corrected chi connectivity index (χ2v) is 5.46. The number of aromatic nitrogens is 2. The quantitative estimate of drug-likeness (QED) is 0.852. The van der Waals surface area contributed by atoms with E-state index in [4.69, 9.17) is 4.74 Å². The minimum Gasteiger partial charge on any atom is -0.489 e. The number of rotatable bonds is 2. The van der Waals surface area contributed by atoms with Crippen LogP contribution in [0, 0.1) is 0 Å². The molecule has 20 heavy (non-hydrogen) atoms. The molecule has 0 aliphatic carbocycles. The van der Waals surface area contributed by atoms with Crippen molar-refractivity contribution in [2.24, 2.45) is 0 Å². The fourth-order valence-corrected chi connectivity index (χ4v) is 3.01. The molecule has 1 amide bonds. The van der Waals surface area contributed by atoms with Gasteiger partial charge in [-0.2, -0.15) is 0 Å². The molecule has 1 aliphatic rings. The molecule has 0 unspecified atom stereocenters. The SMILES string of the molecule is CCc1nnsc1C(=O)N1c2ccccc2OC[C@H]1C. The number of para-hydroxylation sites is 2. The fraction of sp³-hybridized carbons (Fsp3) is 0.357. The number of amides is 1. The lowest BCUT2D eigenvalue weighted by Gasteiger charge is -2.34. The molecule has 0 saturated heterocycles. The standard InChI is InChI=1S/C14H15N3O2S/c1-3-10-13(20-16-15-10)14(18)17-9(2)8-19-12-7-5-4-6-11(12)17/h4-7,9H,3,8H2,1-2H3/t9-/m1/s1. The predicted molar refractivity (Wildman–Crippen MR) is 77.5 cm³/mol. The predicted octanol–water partition coefficient (Wildman–Crippen LogP) is 2.53. The molecule has 2 aromatic rings. The van der Waals surface area contributed by atoms with Gasteiger partial charge in [0.15, 0.2) is 0 Å². The Morgan fingerprint density at radius 3 is 3.10 bits per heavy atom. The molecule has 104 valence electrons. The molecular weight excluding hydrogens is 274 g/mol. The molecule has 0 N–H and O–H groups in total. The van der Waals surface area contributed by atoms with Crippen LogP contribution < -0.4 is 9.64 Å². The molecule has 5 nitrogen and oxygen atoms in total. The molecule has 0 fully saturated rings. The zero-order chi connectivity index (χ0) is 14.1. The van der Waals surface area contributed by atoms with Crippen LogP contribution in [-0.4, -0.2) is 28.1 Å². The van der Waals surface area contributed by atoms with Gasteiger partial charge in [0.1, 0.15) is 17.2 Å². The smallest absolute Gasteiger partial charge is 0.272 e. The number of carbonyl (C=O) groups is 1. The van der Waals surface area contributed by atoms with Crippen LogP contribution in [0.4, 0.5) is 5.69 Å². The lowest BCUT2D eigenvalue weighted by Crippen LogP contribution is -2.45. The molecule has 1 aromatic carbocycles. The van der Waals surface area contributed by atoms with Gasteiger partial charge in [0.2, 0.25) is 0 Å². The molecule has 3 rings (SSSR count). The molecular formula is C14H15N3O2S. The van der Waals surface area contributed by atoms with Crippen molar-refractivity contribution in [2.45, 2.75) is 26.3 Å². The van der Waals surface area contributed by atoms with E-state index in [1.54, 1.807) is 4.90 Å². The van der Waals surface area contributed by atoms with Crippen LogP contribution in [0.2, 0.25) is 0 Å². The highest BCUT2D eigenvalue weighted by Gasteiger charge is 2.32. The lowest BCUT2D eigenvalue weighted by molar-refractivity contribution is 0.0964. The molecule has 6 heteroatoms. The maximum absolute atomic E-state index is 12.8. The maximum Gasteiger partial charge on any atom is 0.272 e. The average molecular weight is 289 g/mol. The van der Waals surface area contributed by atoms with E-state index < -0.39 is 0 Å². The van der Waals surface area contributed by atoms with Crippen LogP contribution in [0.1, 0.15) is 29.2 Å². The molecule has 1 atom stereocenters. The van der Waals surface area contributed by atoms with Gasteiger partial charge in [0.25, 0.3) is 5.91 Å². The van der Waals surface area contributed by atoms with Gasteiger partial charge >= 0.3 is 0 Å². The van der Waals surface area contributed by atoms with Gasteiger partial charge < -0.3 is 4.74 Å². The zero-order valence-electron chi connectivity index (χ0n) is 11.4. The normalized spacial score (nSPS) is 17.5. The summed E-state index contributed by atoms with van der Waals surface area (Å²) in [5, 5.41) is 4.02. The first-order valence-corrected chi connectivity index (χ1v) is 7.36. The van der Waals surface area contributed by atoms with Gasteiger partial charge in [0, 0.05) is 0 Å². The third-order valence-corrected chi connectivity index (χ3v) is 4.11. The third-order valence-electron chi connectivity index (χ3n) is 3.35. The van der Waals surface area contributed by atoms with Gasteiger partial charge in [-0.3, -0.25) is 9.69 Å². The Kier molecular flexibility index (Phi) is 3.40. The van der Waals surface area contributed by atoms with Crippen molar-refractivity contribution in [3.63, 3.8) is 0 Å². The fourth-order valence-electron chi connectivity index (χ4n) is 2.32.